The maximum absolute atomic E-state index is 12.3. The summed E-state index contributed by atoms with van der Waals surface area (Å²) in [6, 6.07) is 13.3. The average molecular weight is 397 g/mol. The molecule has 3 aromatic rings. The van der Waals surface area contributed by atoms with Crippen LogP contribution >= 0.6 is 11.3 Å². The smallest absolute Gasteiger partial charge is 0.251 e. The van der Waals surface area contributed by atoms with Gasteiger partial charge in [-0.05, 0) is 53.8 Å². The number of nitrogens with one attached hydrogen (secondary N) is 3. The van der Waals surface area contributed by atoms with Crippen molar-refractivity contribution in [3.8, 4) is 0 Å². The van der Waals surface area contributed by atoms with Crippen LogP contribution in [0.5, 0.6) is 0 Å². The van der Waals surface area contributed by atoms with Crippen LogP contribution in [0.25, 0.3) is 0 Å². The zero-order chi connectivity index (χ0) is 19.8. The predicted molar refractivity (Wildman–Crippen MR) is 112 cm³/mol. The normalized spacial score (nSPS) is 11.3. The lowest BCUT2D eigenvalue weighted by Crippen LogP contribution is -2.36. The van der Waals surface area contributed by atoms with Crippen LogP contribution < -0.4 is 16.0 Å². The maximum Gasteiger partial charge on any atom is 0.251 e. The predicted octanol–water partition coefficient (Wildman–Crippen LogP) is 3.44. The van der Waals surface area contributed by atoms with Crippen molar-refractivity contribution in [3.63, 3.8) is 0 Å². The summed E-state index contributed by atoms with van der Waals surface area (Å²) in [7, 11) is 1.75. The number of thiophene rings is 1. The van der Waals surface area contributed by atoms with Gasteiger partial charge in [0.2, 0.25) is 0 Å². The number of hydrogen-bond acceptors (Lipinski definition) is 4. The van der Waals surface area contributed by atoms with Crippen LogP contribution in [-0.4, -0.2) is 18.9 Å². The molecular weight excluding hydrogens is 372 g/mol. The number of nitrogens with zero attached hydrogens (tertiary/aromatic N) is 1. The third-order valence-corrected chi connectivity index (χ3v) is 5.28. The average Bonchev–Trinajstić information content (AvgIpc) is 3.38. The summed E-state index contributed by atoms with van der Waals surface area (Å²) in [6.07, 6.45) is 1.59. The molecule has 0 aliphatic heterocycles. The topological polar surface area (TPSA) is 78.7 Å². The third kappa shape index (κ3) is 5.47. The lowest BCUT2D eigenvalue weighted by atomic mass is 10.1. The lowest BCUT2D eigenvalue weighted by molar-refractivity contribution is 0.0948. The number of guanidine groups is 1. The molecule has 0 atom stereocenters. The molecule has 2 aromatic heterocycles. The summed E-state index contributed by atoms with van der Waals surface area (Å²) >= 11 is 1.73. The van der Waals surface area contributed by atoms with Gasteiger partial charge in [0.25, 0.3) is 5.91 Å². The van der Waals surface area contributed by atoms with Crippen molar-refractivity contribution in [3.05, 3.63) is 81.4 Å². The number of carbonyl (C=O) groups excluding carboxylic acids is 1. The highest BCUT2D eigenvalue weighted by Crippen LogP contribution is 2.14. The molecule has 0 saturated carbocycles. The van der Waals surface area contributed by atoms with Crippen LogP contribution in [0.15, 0.2) is 63.5 Å². The van der Waals surface area contributed by atoms with Gasteiger partial charge in [-0.3, -0.25) is 9.79 Å². The van der Waals surface area contributed by atoms with E-state index in [1.54, 1.807) is 36.8 Å². The molecule has 0 radical (unpaired) electrons. The molecule has 1 aromatic carbocycles. The van der Waals surface area contributed by atoms with Crippen LogP contribution in [-0.2, 0) is 19.6 Å². The first-order valence-corrected chi connectivity index (χ1v) is 9.90. The molecule has 0 saturated heterocycles. The van der Waals surface area contributed by atoms with E-state index < -0.39 is 0 Å². The highest BCUT2D eigenvalue weighted by Gasteiger charge is 2.08. The Morgan fingerprint density at radius 3 is 2.64 bits per heavy atom. The van der Waals surface area contributed by atoms with Crippen molar-refractivity contribution in [2.75, 3.05) is 7.05 Å². The first kappa shape index (κ1) is 19.7. The Kier molecular flexibility index (Phi) is 6.86. The summed E-state index contributed by atoms with van der Waals surface area (Å²) in [4.78, 5) is 17.9. The van der Waals surface area contributed by atoms with Gasteiger partial charge >= 0.3 is 0 Å². The maximum atomic E-state index is 12.3. The second-order valence-corrected chi connectivity index (χ2v) is 7.27. The van der Waals surface area contributed by atoms with Crippen molar-refractivity contribution in [1.29, 1.82) is 0 Å². The SMILES string of the molecule is CN=C(NCc1cccc(C(=O)NCc2ccco2)c1)NCc1sccc1C. The van der Waals surface area contributed by atoms with Gasteiger partial charge in [-0.1, -0.05) is 12.1 Å². The number of amides is 1. The van der Waals surface area contributed by atoms with Crippen LogP contribution in [0.4, 0.5) is 0 Å². The van der Waals surface area contributed by atoms with Crippen LogP contribution in [0.3, 0.4) is 0 Å². The molecule has 0 bridgehead atoms. The highest BCUT2D eigenvalue weighted by molar-refractivity contribution is 7.10. The van der Waals surface area contributed by atoms with Crippen LogP contribution in [0.2, 0.25) is 0 Å². The van der Waals surface area contributed by atoms with E-state index in [1.807, 2.05) is 24.3 Å². The molecule has 0 spiro atoms. The molecular formula is C21H24N4O2S. The Balaban J connectivity index is 1.51. The number of benzene rings is 1. The second-order valence-electron chi connectivity index (χ2n) is 6.27. The fourth-order valence-electron chi connectivity index (χ4n) is 2.66. The minimum atomic E-state index is -0.131. The molecule has 3 rings (SSSR count). The molecule has 1 amide bonds. The van der Waals surface area contributed by atoms with Gasteiger partial charge in [-0.15, -0.1) is 11.3 Å². The van der Waals surface area contributed by atoms with E-state index in [9.17, 15) is 4.79 Å². The number of carbonyl (C=O) groups is 1. The first-order chi connectivity index (χ1) is 13.7. The fraction of sp³-hybridized carbons (Fsp3) is 0.238. The van der Waals surface area contributed by atoms with Crippen molar-refractivity contribution in [1.82, 2.24) is 16.0 Å². The molecule has 0 aliphatic rings. The Morgan fingerprint density at radius 1 is 1.07 bits per heavy atom. The van der Waals surface area contributed by atoms with Gasteiger partial charge in [0.15, 0.2) is 5.96 Å². The fourth-order valence-corrected chi connectivity index (χ4v) is 3.51. The van der Waals surface area contributed by atoms with E-state index in [1.165, 1.54) is 10.4 Å². The highest BCUT2D eigenvalue weighted by atomic mass is 32.1. The van der Waals surface area contributed by atoms with Gasteiger partial charge in [-0.2, -0.15) is 0 Å². The zero-order valence-electron chi connectivity index (χ0n) is 16.0. The van der Waals surface area contributed by atoms with E-state index in [-0.39, 0.29) is 5.91 Å². The van der Waals surface area contributed by atoms with Crippen molar-refractivity contribution in [2.24, 2.45) is 4.99 Å². The van der Waals surface area contributed by atoms with E-state index in [0.717, 1.165) is 23.8 Å². The molecule has 3 N–H and O–H groups in total. The van der Waals surface area contributed by atoms with E-state index >= 15 is 0 Å². The Hall–Kier alpha value is -3.06. The molecule has 0 fully saturated rings. The molecule has 28 heavy (non-hydrogen) atoms. The van der Waals surface area contributed by atoms with Crippen LogP contribution in [0, 0.1) is 6.92 Å². The van der Waals surface area contributed by atoms with Gasteiger partial charge in [0, 0.05) is 24.0 Å². The molecule has 146 valence electrons. The molecule has 0 aliphatic carbocycles. The monoisotopic (exact) mass is 396 g/mol. The summed E-state index contributed by atoms with van der Waals surface area (Å²) in [6.45, 7) is 3.78. The standard InChI is InChI=1S/C21H24N4O2S/c1-15-8-10-28-19(15)14-25-21(22-2)24-12-16-5-3-6-17(11-16)20(26)23-13-18-7-4-9-27-18/h3-11H,12-14H2,1-2H3,(H,23,26)(H2,22,24,25). The third-order valence-electron chi connectivity index (χ3n) is 4.26. The second kappa shape index (κ2) is 9.75. The largest absolute Gasteiger partial charge is 0.467 e. The van der Waals surface area contributed by atoms with Gasteiger partial charge in [0.1, 0.15) is 5.76 Å². The Morgan fingerprint density at radius 2 is 1.93 bits per heavy atom. The number of aliphatic imine (C=N–C) groups is 1. The molecule has 0 unspecified atom stereocenters. The minimum Gasteiger partial charge on any atom is -0.467 e. The van der Waals surface area contributed by atoms with Gasteiger partial charge in [0.05, 0.1) is 19.4 Å². The van der Waals surface area contributed by atoms with Crippen molar-refractivity contribution < 1.29 is 9.21 Å². The van der Waals surface area contributed by atoms with Gasteiger partial charge in [-0.25, -0.2) is 0 Å². The Labute approximate surface area is 168 Å². The first-order valence-electron chi connectivity index (χ1n) is 9.02. The van der Waals surface area contributed by atoms with E-state index in [4.69, 9.17) is 4.42 Å². The number of hydrogen-bond donors (Lipinski definition) is 3. The van der Waals surface area contributed by atoms with E-state index in [2.05, 4.69) is 39.3 Å². The molecule has 7 heteroatoms. The number of furan rings is 1. The number of rotatable bonds is 7. The minimum absolute atomic E-state index is 0.131. The quantitative estimate of drug-likeness (QED) is 0.422. The van der Waals surface area contributed by atoms with Gasteiger partial charge < -0.3 is 20.4 Å². The molecule has 2 heterocycles. The summed E-state index contributed by atoms with van der Waals surface area (Å²) < 4.78 is 5.23. The lowest BCUT2D eigenvalue weighted by Gasteiger charge is -2.12. The van der Waals surface area contributed by atoms with Crippen LogP contribution in [0.1, 0.15) is 32.1 Å². The number of aryl methyl sites for hydroxylation is 1. The Bertz CT molecular complexity index is 932. The van der Waals surface area contributed by atoms with E-state index in [0.29, 0.717) is 18.7 Å². The van der Waals surface area contributed by atoms with Crippen molar-refractivity contribution >= 4 is 23.2 Å². The summed E-state index contributed by atoms with van der Waals surface area (Å²) in [5, 5.41) is 11.5. The summed E-state index contributed by atoms with van der Waals surface area (Å²) in [5.74, 6) is 1.32. The summed E-state index contributed by atoms with van der Waals surface area (Å²) in [5.41, 5.74) is 2.89. The van der Waals surface area contributed by atoms with Crippen molar-refractivity contribution in [2.45, 2.75) is 26.6 Å². The molecule has 6 nitrogen and oxygen atoms in total. The zero-order valence-corrected chi connectivity index (χ0v) is 16.8.